The van der Waals surface area contributed by atoms with Gasteiger partial charge in [-0.25, -0.2) is 4.79 Å². The molecule has 3 atom stereocenters. The minimum absolute atomic E-state index is 0.121. The number of hydrogen-bond acceptors (Lipinski definition) is 5. The molecule has 4 aliphatic rings. The van der Waals surface area contributed by atoms with E-state index in [1.165, 1.54) is 12.7 Å². The summed E-state index contributed by atoms with van der Waals surface area (Å²) in [6.07, 6.45) is 4.05. The molecule has 1 aromatic carbocycles. The third-order valence-electron chi connectivity index (χ3n) is 6.68. The average Bonchev–Trinajstić information content (AvgIpc) is 3.17. The molecule has 5 rings (SSSR count). The van der Waals surface area contributed by atoms with E-state index in [0.717, 1.165) is 48.5 Å². The maximum atomic E-state index is 12.8. The molecule has 2 N–H and O–H groups in total. The van der Waals surface area contributed by atoms with Crippen molar-refractivity contribution in [2.75, 3.05) is 25.5 Å². The molecule has 130 valence electrons. The van der Waals surface area contributed by atoms with Crippen LogP contribution in [0.3, 0.4) is 0 Å². The number of piperidine rings is 1. The quantitative estimate of drug-likeness (QED) is 0.468. The highest BCUT2D eigenvalue weighted by molar-refractivity contribution is 5.94. The van der Waals surface area contributed by atoms with Crippen LogP contribution >= 0.6 is 0 Å². The highest BCUT2D eigenvalue weighted by Gasteiger charge is 2.62. The molecular weight excluding hydrogens is 316 g/mol. The van der Waals surface area contributed by atoms with Gasteiger partial charge >= 0.3 is 5.97 Å². The van der Waals surface area contributed by atoms with Gasteiger partial charge in [0.05, 0.1) is 18.1 Å². The molecule has 5 nitrogen and oxygen atoms in total. The van der Waals surface area contributed by atoms with Crippen LogP contribution in [0.5, 0.6) is 5.75 Å². The summed E-state index contributed by atoms with van der Waals surface area (Å²) < 4.78 is 5.18. The molecule has 25 heavy (non-hydrogen) atoms. The molecule has 1 aliphatic carbocycles. The number of carbonyl (C=O) groups is 1. The molecule has 0 unspecified atom stereocenters. The number of allylic oxidation sites excluding steroid dienone is 1. The van der Waals surface area contributed by atoms with E-state index in [9.17, 15) is 9.90 Å². The largest absolute Gasteiger partial charge is 0.508 e. The topological polar surface area (TPSA) is 61.8 Å². The lowest BCUT2D eigenvalue weighted by molar-refractivity contribution is -0.137. The number of fused-ring (bicyclic) bond motifs is 2. The second-order valence-corrected chi connectivity index (χ2v) is 7.49. The predicted molar refractivity (Wildman–Crippen MR) is 94.3 cm³/mol. The summed E-state index contributed by atoms with van der Waals surface area (Å²) in [5, 5.41) is 13.6. The Morgan fingerprint density at radius 2 is 2.32 bits per heavy atom. The number of ether oxygens (including phenoxy) is 1. The molecule has 1 spiro atoms. The predicted octanol–water partition coefficient (Wildman–Crippen LogP) is 2.54. The molecule has 2 fully saturated rings. The van der Waals surface area contributed by atoms with E-state index in [2.05, 4.69) is 23.2 Å². The minimum Gasteiger partial charge on any atom is -0.508 e. The normalized spacial score (nSPS) is 33.9. The van der Waals surface area contributed by atoms with Crippen molar-refractivity contribution in [3.8, 4) is 5.75 Å². The maximum Gasteiger partial charge on any atom is 0.336 e. The van der Waals surface area contributed by atoms with Crippen LogP contribution in [-0.2, 0) is 14.9 Å². The van der Waals surface area contributed by atoms with Crippen LogP contribution in [0.1, 0.15) is 25.3 Å². The van der Waals surface area contributed by atoms with E-state index in [1.54, 1.807) is 6.07 Å². The van der Waals surface area contributed by atoms with Gasteiger partial charge in [0.2, 0.25) is 0 Å². The molecule has 2 saturated heterocycles. The van der Waals surface area contributed by atoms with Gasteiger partial charge in [-0.05, 0) is 43.5 Å². The number of methoxy groups -OCH3 is 1. The van der Waals surface area contributed by atoms with Crippen molar-refractivity contribution in [1.29, 1.82) is 0 Å². The Bertz CT molecular complexity index is 856. The molecule has 0 amide bonds. The lowest BCUT2D eigenvalue weighted by Gasteiger charge is -2.48. The van der Waals surface area contributed by atoms with E-state index in [1.807, 2.05) is 12.1 Å². The Morgan fingerprint density at radius 1 is 1.48 bits per heavy atom. The van der Waals surface area contributed by atoms with Crippen molar-refractivity contribution in [2.24, 2.45) is 5.92 Å². The molecule has 3 heterocycles. The zero-order chi connectivity index (χ0) is 17.3. The monoisotopic (exact) mass is 338 g/mol. The number of benzene rings is 1. The van der Waals surface area contributed by atoms with E-state index in [4.69, 9.17) is 4.74 Å². The fourth-order valence-corrected chi connectivity index (χ4v) is 5.64. The molecule has 3 aliphatic heterocycles. The Balaban J connectivity index is 1.82. The summed E-state index contributed by atoms with van der Waals surface area (Å²) in [5.74, 6) is 0.165. The van der Waals surface area contributed by atoms with Gasteiger partial charge in [0.15, 0.2) is 0 Å². The number of esters is 1. The number of carbonyl (C=O) groups excluding carboxylic acids is 1. The van der Waals surface area contributed by atoms with Gasteiger partial charge in [0, 0.05) is 36.4 Å². The zero-order valence-electron chi connectivity index (χ0n) is 14.5. The number of hydrogen-bond donors (Lipinski definition) is 2. The highest BCUT2D eigenvalue weighted by atomic mass is 16.5. The first-order valence-electron chi connectivity index (χ1n) is 8.92. The number of anilines is 1. The molecule has 2 bridgehead atoms. The summed E-state index contributed by atoms with van der Waals surface area (Å²) in [6.45, 7) is 3.97. The van der Waals surface area contributed by atoms with E-state index >= 15 is 0 Å². The van der Waals surface area contributed by atoms with Gasteiger partial charge in [-0.1, -0.05) is 11.6 Å². The van der Waals surface area contributed by atoms with Crippen LogP contribution in [0, 0.1) is 5.92 Å². The molecule has 0 radical (unpaired) electrons. The Hall–Kier alpha value is -2.27. The fourth-order valence-electron chi connectivity index (χ4n) is 5.64. The molecule has 0 aromatic heterocycles. The van der Waals surface area contributed by atoms with Crippen LogP contribution in [0.15, 0.2) is 41.1 Å². The number of phenolic OH excluding ortho intramolecular Hbond substituents is 1. The smallest absolute Gasteiger partial charge is 0.336 e. The van der Waals surface area contributed by atoms with Crippen molar-refractivity contribution in [3.05, 3.63) is 46.7 Å². The summed E-state index contributed by atoms with van der Waals surface area (Å²) in [4.78, 5) is 15.3. The summed E-state index contributed by atoms with van der Waals surface area (Å²) >= 11 is 0. The first-order chi connectivity index (χ1) is 12.1. The Labute approximate surface area is 147 Å². The number of nitrogens with zero attached hydrogens (tertiary/aromatic N) is 1. The van der Waals surface area contributed by atoms with Gasteiger partial charge in [-0.15, -0.1) is 0 Å². The number of rotatable bonds is 1. The zero-order valence-corrected chi connectivity index (χ0v) is 14.5. The van der Waals surface area contributed by atoms with Crippen LogP contribution in [0.25, 0.3) is 0 Å². The van der Waals surface area contributed by atoms with E-state index < -0.39 is 0 Å². The Kier molecular flexibility index (Phi) is 2.93. The van der Waals surface area contributed by atoms with Crippen molar-refractivity contribution in [3.63, 3.8) is 0 Å². The number of phenols is 1. The SMILES string of the molecule is C/C=C1/CN2CC[C@]34C(=C(C(=O)OC)[C@H]1C[C@H]23)Nc1ccc(O)cc14. The molecule has 1 aromatic rings. The van der Waals surface area contributed by atoms with Crippen molar-refractivity contribution in [1.82, 2.24) is 4.90 Å². The first-order valence-corrected chi connectivity index (χ1v) is 8.92. The highest BCUT2D eigenvalue weighted by Crippen LogP contribution is 2.61. The van der Waals surface area contributed by atoms with Crippen LogP contribution in [0.4, 0.5) is 5.69 Å². The van der Waals surface area contributed by atoms with Gasteiger partial charge in [-0.2, -0.15) is 0 Å². The van der Waals surface area contributed by atoms with Gasteiger partial charge in [0.1, 0.15) is 5.75 Å². The van der Waals surface area contributed by atoms with Crippen molar-refractivity contribution >= 4 is 11.7 Å². The fraction of sp³-hybridized carbons (Fsp3) is 0.450. The second kappa shape index (κ2) is 4.88. The van der Waals surface area contributed by atoms with Crippen LogP contribution in [-0.4, -0.2) is 42.2 Å². The maximum absolute atomic E-state index is 12.8. The van der Waals surface area contributed by atoms with Gasteiger partial charge < -0.3 is 15.2 Å². The Morgan fingerprint density at radius 3 is 3.08 bits per heavy atom. The van der Waals surface area contributed by atoms with E-state index in [-0.39, 0.29) is 23.1 Å². The van der Waals surface area contributed by atoms with Crippen LogP contribution in [0.2, 0.25) is 0 Å². The van der Waals surface area contributed by atoms with Crippen LogP contribution < -0.4 is 5.32 Å². The standard InChI is InChI=1S/C20H22N2O3/c1-3-11-10-22-7-6-20-14-8-12(23)4-5-15(14)21-18(20)17(19(24)25-2)13(11)9-16(20)22/h3-5,8,13,16,21,23H,6-7,9-10H2,1-2H3/b11-3-/t13-,16-,20+/m0/s1. The van der Waals surface area contributed by atoms with Gasteiger partial charge in [-0.3, -0.25) is 4.90 Å². The average molecular weight is 338 g/mol. The molecule has 5 heteroatoms. The van der Waals surface area contributed by atoms with Gasteiger partial charge in [0.25, 0.3) is 0 Å². The lowest BCUT2D eigenvalue weighted by Crippen LogP contribution is -2.53. The minimum atomic E-state index is -0.234. The summed E-state index contributed by atoms with van der Waals surface area (Å²) in [6, 6.07) is 5.86. The lowest BCUT2D eigenvalue weighted by atomic mass is 9.62. The number of aromatic hydroxyl groups is 1. The first kappa shape index (κ1) is 15.0. The third-order valence-corrected chi connectivity index (χ3v) is 6.68. The third kappa shape index (κ3) is 1.69. The van der Waals surface area contributed by atoms with E-state index in [0.29, 0.717) is 6.04 Å². The molecular formula is C20H22N2O3. The van der Waals surface area contributed by atoms with Crippen molar-refractivity contribution < 1.29 is 14.6 Å². The summed E-state index contributed by atoms with van der Waals surface area (Å²) in [5.41, 5.74) is 4.99. The summed E-state index contributed by atoms with van der Waals surface area (Å²) in [7, 11) is 1.46. The number of nitrogens with one attached hydrogen (secondary N) is 1. The second-order valence-electron chi connectivity index (χ2n) is 7.49. The van der Waals surface area contributed by atoms with Crippen molar-refractivity contribution in [2.45, 2.75) is 31.2 Å². The molecule has 0 saturated carbocycles.